The first kappa shape index (κ1) is 17.3. The monoisotopic (exact) mass is 319 g/mol. The zero-order valence-corrected chi connectivity index (χ0v) is 14.3. The second kappa shape index (κ2) is 7.46. The summed E-state index contributed by atoms with van der Waals surface area (Å²) < 4.78 is 5.75. The van der Waals surface area contributed by atoms with Gasteiger partial charge >= 0.3 is 0 Å². The number of amides is 2. The molecule has 0 radical (unpaired) electrons. The molecule has 2 amide bonds. The van der Waals surface area contributed by atoms with Crippen molar-refractivity contribution in [1.29, 1.82) is 0 Å². The van der Waals surface area contributed by atoms with E-state index in [1.807, 2.05) is 42.1 Å². The zero-order valence-electron chi connectivity index (χ0n) is 14.3. The quantitative estimate of drug-likeness (QED) is 0.829. The minimum absolute atomic E-state index is 0.0268. The van der Waals surface area contributed by atoms with Crippen LogP contribution in [0, 0.1) is 0 Å². The Hall–Kier alpha value is -2.08. The van der Waals surface area contributed by atoms with Crippen molar-refractivity contribution >= 4 is 11.8 Å². The molecule has 1 aliphatic rings. The van der Waals surface area contributed by atoms with Crippen LogP contribution in [0.4, 0.5) is 0 Å². The molecule has 0 atom stereocenters. The molecule has 6 nitrogen and oxygen atoms in total. The van der Waals surface area contributed by atoms with Gasteiger partial charge in [0.1, 0.15) is 12.4 Å². The second-order valence-corrected chi connectivity index (χ2v) is 6.22. The minimum Gasteiger partial charge on any atom is -0.491 e. The van der Waals surface area contributed by atoms with E-state index in [9.17, 15) is 9.59 Å². The van der Waals surface area contributed by atoms with Gasteiger partial charge < -0.3 is 19.4 Å². The fraction of sp³-hybridized carbons (Fsp3) is 0.529. The van der Waals surface area contributed by atoms with Gasteiger partial charge in [-0.15, -0.1) is 0 Å². The maximum atomic E-state index is 12.3. The fourth-order valence-electron chi connectivity index (χ4n) is 2.51. The van der Waals surface area contributed by atoms with Crippen LogP contribution in [0.1, 0.15) is 18.1 Å². The average molecular weight is 319 g/mol. The molecule has 1 aromatic carbocycles. The van der Waals surface area contributed by atoms with Gasteiger partial charge in [-0.1, -0.05) is 6.07 Å². The summed E-state index contributed by atoms with van der Waals surface area (Å²) in [5.74, 6) is 0.941. The molecule has 126 valence electrons. The molecule has 0 aliphatic carbocycles. The topological polar surface area (TPSA) is 53.1 Å². The molecule has 0 saturated carbocycles. The van der Waals surface area contributed by atoms with Crippen molar-refractivity contribution in [3.05, 3.63) is 29.3 Å². The molecule has 0 fully saturated rings. The van der Waals surface area contributed by atoms with E-state index in [0.29, 0.717) is 32.8 Å². The summed E-state index contributed by atoms with van der Waals surface area (Å²) in [7, 11) is 5.54. The molecule has 6 heteroatoms. The first-order valence-electron chi connectivity index (χ1n) is 7.75. The van der Waals surface area contributed by atoms with Gasteiger partial charge in [-0.3, -0.25) is 9.59 Å². The Bertz CT molecular complexity index is 586. The summed E-state index contributed by atoms with van der Waals surface area (Å²) in [4.78, 5) is 29.0. The maximum absolute atomic E-state index is 12.3. The van der Waals surface area contributed by atoms with Crippen LogP contribution in [0.15, 0.2) is 18.2 Å². The molecule has 23 heavy (non-hydrogen) atoms. The first-order chi connectivity index (χ1) is 10.9. The summed E-state index contributed by atoms with van der Waals surface area (Å²) in [6.45, 7) is 4.12. The largest absolute Gasteiger partial charge is 0.491 e. The van der Waals surface area contributed by atoms with Gasteiger partial charge in [0, 0.05) is 32.6 Å². The molecule has 0 N–H and O–H groups in total. The number of nitrogens with zero attached hydrogens (tertiary/aromatic N) is 3. The first-order valence-corrected chi connectivity index (χ1v) is 7.75. The number of likely N-dealkylation sites (N-methyl/N-ethyl adjacent to an activating group) is 1. The van der Waals surface area contributed by atoms with E-state index in [1.54, 1.807) is 18.9 Å². The predicted molar refractivity (Wildman–Crippen MR) is 88.1 cm³/mol. The third kappa shape index (κ3) is 4.69. The van der Waals surface area contributed by atoms with E-state index in [4.69, 9.17) is 4.74 Å². The van der Waals surface area contributed by atoms with Gasteiger partial charge in [-0.25, -0.2) is 0 Å². The summed E-state index contributed by atoms with van der Waals surface area (Å²) in [5, 5.41) is 0. The minimum atomic E-state index is 0.0268. The van der Waals surface area contributed by atoms with Crippen LogP contribution in [-0.4, -0.2) is 67.4 Å². The number of hydrogen-bond acceptors (Lipinski definition) is 4. The lowest BCUT2D eigenvalue weighted by Crippen LogP contribution is -2.38. The van der Waals surface area contributed by atoms with Gasteiger partial charge in [0.15, 0.2) is 0 Å². The molecular weight excluding hydrogens is 294 g/mol. The van der Waals surface area contributed by atoms with Gasteiger partial charge in [0.05, 0.1) is 13.1 Å². The molecule has 1 heterocycles. The fourth-order valence-corrected chi connectivity index (χ4v) is 2.51. The van der Waals surface area contributed by atoms with Gasteiger partial charge in [-0.05, 0) is 31.8 Å². The summed E-state index contributed by atoms with van der Waals surface area (Å²) >= 11 is 0. The predicted octanol–water partition coefficient (Wildman–Crippen LogP) is 0.948. The highest BCUT2D eigenvalue weighted by atomic mass is 16.5. The van der Waals surface area contributed by atoms with E-state index in [1.165, 1.54) is 0 Å². The van der Waals surface area contributed by atoms with E-state index in [2.05, 4.69) is 0 Å². The summed E-state index contributed by atoms with van der Waals surface area (Å²) in [6, 6.07) is 5.92. The van der Waals surface area contributed by atoms with Gasteiger partial charge in [0.25, 0.3) is 0 Å². The Morgan fingerprint density at radius 2 is 2.00 bits per heavy atom. The number of benzene rings is 1. The van der Waals surface area contributed by atoms with Crippen molar-refractivity contribution in [3.63, 3.8) is 0 Å². The molecule has 1 aliphatic heterocycles. The van der Waals surface area contributed by atoms with Crippen LogP contribution in [0.2, 0.25) is 0 Å². The summed E-state index contributed by atoms with van der Waals surface area (Å²) in [6.07, 6.45) is 0. The second-order valence-electron chi connectivity index (χ2n) is 6.22. The molecule has 0 aromatic heterocycles. The number of carbonyl (C=O) groups excluding carboxylic acids is 2. The molecule has 0 unspecified atom stereocenters. The van der Waals surface area contributed by atoms with Crippen molar-refractivity contribution in [2.45, 2.75) is 20.0 Å². The highest BCUT2D eigenvalue weighted by Gasteiger charge is 2.20. The normalized spacial score (nSPS) is 14.0. The lowest BCUT2D eigenvalue weighted by Gasteiger charge is -2.22. The smallest absolute Gasteiger partial charge is 0.237 e. The Labute approximate surface area is 137 Å². The van der Waals surface area contributed by atoms with E-state index in [0.717, 1.165) is 16.9 Å². The standard InChI is InChI=1S/C17H25N3O3/c1-13(21)19(4)10-14-5-6-16-15(9-14)11-20(7-8-23-16)17(22)12-18(2)3/h5-6,9H,7-8,10-12H2,1-4H3. The van der Waals surface area contributed by atoms with Crippen LogP contribution in [0.25, 0.3) is 0 Å². The molecule has 0 spiro atoms. The Balaban J connectivity index is 2.15. The average Bonchev–Trinajstić information content (AvgIpc) is 2.68. The number of fused-ring (bicyclic) bond motifs is 1. The zero-order chi connectivity index (χ0) is 17.0. The third-order valence-electron chi connectivity index (χ3n) is 3.87. The van der Waals surface area contributed by atoms with Crippen LogP contribution in [-0.2, 0) is 22.7 Å². The number of ether oxygens (including phenoxy) is 1. The number of hydrogen-bond donors (Lipinski definition) is 0. The lowest BCUT2D eigenvalue weighted by molar-refractivity contribution is -0.132. The van der Waals surface area contributed by atoms with Crippen molar-refractivity contribution < 1.29 is 14.3 Å². The van der Waals surface area contributed by atoms with Gasteiger partial charge in [0.2, 0.25) is 11.8 Å². The van der Waals surface area contributed by atoms with Crippen molar-refractivity contribution in [1.82, 2.24) is 14.7 Å². The maximum Gasteiger partial charge on any atom is 0.237 e. The number of carbonyl (C=O) groups is 2. The van der Waals surface area contributed by atoms with Crippen LogP contribution in [0.3, 0.4) is 0 Å². The highest BCUT2D eigenvalue weighted by Crippen LogP contribution is 2.25. The van der Waals surface area contributed by atoms with E-state index >= 15 is 0 Å². The Morgan fingerprint density at radius 1 is 1.26 bits per heavy atom. The molecular formula is C17H25N3O3. The SMILES string of the molecule is CC(=O)N(C)Cc1ccc2c(c1)CN(C(=O)CN(C)C)CCO2. The van der Waals surface area contributed by atoms with Crippen LogP contribution in [0.5, 0.6) is 5.75 Å². The van der Waals surface area contributed by atoms with Gasteiger partial charge in [-0.2, -0.15) is 0 Å². The van der Waals surface area contributed by atoms with Crippen molar-refractivity contribution in [2.75, 3.05) is 40.8 Å². The molecule has 2 rings (SSSR count). The van der Waals surface area contributed by atoms with Crippen molar-refractivity contribution in [3.8, 4) is 5.75 Å². The molecule has 0 bridgehead atoms. The highest BCUT2D eigenvalue weighted by molar-refractivity contribution is 5.78. The Kier molecular flexibility index (Phi) is 5.60. The number of rotatable bonds is 4. The summed E-state index contributed by atoms with van der Waals surface area (Å²) in [5.41, 5.74) is 2.02. The van der Waals surface area contributed by atoms with E-state index < -0.39 is 0 Å². The Morgan fingerprint density at radius 3 is 2.65 bits per heavy atom. The van der Waals surface area contributed by atoms with E-state index in [-0.39, 0.29) is 11.8 Å². The molecule has 1 aromatic rings. The van der Waals surface area contributed by atoms with Crippen molar-refractivity contribution in [2.24, 2.45) is 0 Å². The third-order valence-corrected chi connectivity index (χ3v) is 3.87. The van der Waals surface area contributed by atoms with Crippen LogP contribution < -0.4 is 4.74 Å². The lowest BCUT2D eigenvalue weighted by atomic mass is 10.1. The van der Waals surface area contributed by atoms with Crippen LogP contribution >= 0.6 is 0 Å². The molecule has 0 saturated heterocycles.